The van der Waals surface area contributed by atoms with Crippen molar-refractivity contribution in [2.24, 2.45) is 23.2 Å². The number of ketones is 2. The quantitative estimate of drug-likeness (QED) is 0.0964. The maximum absolute atomic E-state index is 13.8. The van der Waals surface area contributed by atoms with Crippen LogP contribution in [0, 0.1) is 23.2 Å². The van der Waals surface area contributed by atoms with Crippen LogP contribution >= 0.6 is 0 Å². The minimum atomic E-state index is -0.0769. The van der Waals surface area contributed by atoms with Crippen LogP contribution in [0.15, 0.2) is 47.2 Å². The Morgan fingerprint density at radius 3 is 2.17 bits per heavy atom. The average molecular weight is 827 g/mol. The average Bonchev–Trinajstić information content (AvgIpc) is 3.64. The highest BCUT2D eigenvalue weighted by molar-refractivity contribution is 6.09. The molecule has 60 heavy (non-hydrogen) atoms. The summed E-state index contributed by atoms with van der Waals surface area (Å²) in [5.74, 6) is 2.77. The number of carbonyl (C=O) groups is 4. The predicted octanol–water partition coefficient (Wildman–Crippen LogP) is 7.22. The lowest BCUT2D eigenvalue weighted by molar-refractivity contribution is -0.136. The van der Waals surface area contributed by atoms with Crippen molar-refractivity contribution in [3.8, 4) is 0 Å². The number of ether oxygens (including phenoxy) is 4. The fourth-order valence-corrected chi connectivity index (χ4v) is 11.0. The zero-order valence-corrected chi connectivity index (χ0v) is 36.4. The van der Waals surface area contributed by atoms with Gasteiger partial charge in [0, 0.05) is 55.9 Å². The van der Waals surface area contributed by atoms with Crippen molar-refractivity contribution in [3.05, 3.63) is 58.3 Å². The van der Waals surface area contributed by atoms with E-state index in [1.54, 1.807) is 11.1 Å². The monoisotopic (exact) mass is 826 g/mol. The zero-order valence-electron chi connectivity index (χ0n) is 36.4. The molecule has 12 nitrogen and oxygen atoms in total. The number of carbonyl (C=O) groups excluding carboxylic acids is 4. The van der Waals surface area contributed by atoms with Crippen molar-refractivity contribution >= 4 is 39.9 Å². The number of hydrogen-bond acceptors (Lipinski definition) is 9. The molecule has 4 fully saturated rings. The number of nitrogens with one attached hydrogen (secondary N) is 1. The van der Waals surface area contributed by atoms with Crippen molar-refractivity contribution in [2.75, 3.05) is 72.5 Å². The fraction of sp³-hybridized carbons (Fsp3) is 0.646. The Balaban J connectivity index is 0.755. The number of Topliss-reactive ketones (excluding diaryl/α,β-unsaturated/α-hetero) is 2. The van der Waals surface area contributed by atoms with Crippen molar-refractivity contribution in [1.29, 1.82) is 0 Å². The molecule has 5 aliphatic carbocycles. The van der Waals surface area contributed by atoms with E-state index >= 15 is 0 Å². The lowest BCUT2D eigenvalue weighted by Crippen LogP contribution is -2.48. The topological polar surface area (TPSA) is 138 Å². The summed E-state index contributed by atoms with van der Waals surface area (Å²) in [5, 5.41) is 8.50. The second-order valence-corrected chi connectivity index (χ2v) is 18.5. The number of hydrogen-bond donors (Lipinski definition) is 1. The smallest absolute Gasteiger partial charge is 0.248 e. The number of amides is 2. The standard InChI is InChI=1S/C48H66N4O8/c1-32(2)52-43-25-39(24-41(42(43)30-50-52)44(53)6-5-40-34(4)19-33(3)20-45(40)54)38-7-10-51(11-8-38)47(56)31-60-18-17-59-16-15-58-14-13-57-12-9-49-46(55)29-48-26-35-21-36(27-48)23-37(22-35)28-48/h7,19,24-25,30,32,35-37H,5-6,8-18,20-23,26-29,31H2,1-4H3,(H,49,55). The zero-order chi connectivity index (χ0) is 42.2. The molecule has 12 heteroatoms. The summed E-state index contributed by atoms with van der Waals surface area (Å²) in [6.45, 7) is 12.5. The summed E-state index contributed by atoms with van der Waals surface area (Å²) in [5.41, 5.74) is 6.57. The van der Waals surface area contributed by atoms with E-state index in [9.17, 15) is 19.2 Å². The van der Waals surface area contributed by atoms with Gasteiger partial charge in [0.05, 0.1) is 58.0 Å². The predicted molar refractivity (Wildman–Crippen MR) is 230 cm³/mol. The number of rotatable bonds is 22. The first kappa shape index (κ1) is 44.1. The van der Waals surface area contributed by atoms with Gasteiger partial charge < -0.3 is 29.2 Å². The van der Waals surface area contributed by atoms with E-state index in [4.69, 9.17) is 18.9 Å². The molecule has 8 rings (SSSR count). The van der Waals surface area contributed by atoms with Gasteiger partial charge in [-0.15, -0.1) is 0 Å². The SMILES string of the molecule is CC1=CC(C)=C(CCC(=O)c2cc(C3=CCN(C(=O)COCCOCCOCCOCCNC(=O)CC45CC6CC(CC(C6)C4)C5)CC3)cc3c2cnn3C(C)C)C(=O)C1. The molecule has 4 bridgehead atoms. The Morgan fingerprint density at radius 1 is 0.900 bits per heavy atom. The van der Waals surface area contributed by atoms with Crippen LogP contribution in [-0.2, 0) is 33.3 Å². The second-order valence-electron chi connectivity index (χ2n) is 18.5. The minimum absolute atomic E-state index is 0.00751. The number of benzene rings is 1. The van der Waals surface area contributed by atoms with Crippen LogP contribution in [0.1, 0.15) is 120 Å². The van der Waals surface area contributed by atoms with Gasteiger partial charge in [0.25, 0.3) is 0 Å². The molecule has 0 atom stereocenters. The molecule has 1 aromatic heterocycles. The number of aromatic nitrogens is 2. The van der Waals surface area contributed by atoms with E-state index in [0.29, 0.717) is 97.1 Å². The molecule has 2 amide bonds. The lowest BCUT2D eigenvalue weighted by atomic mass is 9.49. The van der Waals surface area contributed by atoms with Crippen LogP contribution in [0.25, 0.3) is 16.5 Å². The number of fused-ring (bicyclic) bond motifs is 1. The summed E-state index contributed by atoms with van der Waals surface area (Å²) >= 11 is 0. The molecule has 0 saturated heterocycles. The molecule has 326 valence electrons. The highest BCUT2D eigenvalue weighted by atomic mass is 16.6. The molecule has 2 aromatic rings. The summed E-state index contributed by atoms with van der Waals surface area (Å²) in [6, 6.07) is 4.17. The van der Waals surface area contributed by atoms with E-state index in [1.807, 2.05) is 30.7 Å². The molecule has 4 saturated carbocycles. The fourth-order valence-electron chi connectivity index (χ4n) is 11.0. The summed E-state index contributed by atoms with van der Waals surface area (Å²) in [4.78, 5) is 53.9. The molecule has 2 heterocycles. The molecule has 0 radical (unpaired) electrons. The van der Waals surface area contributed by atoms with Gasteiger partial charge in [0.2, 0.25) is 11.8 Å². The maximum atomic E-state index is 13.8. The molecule has 1 aromatic carbocycles. The second kappa shape index (κ2) is 20.3. The van der Waals surface area contributed by atoms with Crippen molar-refractivity contribution in [2.45, 2.75) is 104 Å². The lowest BCUT2D eigenvalue weighted by Gasteiger charge is -2.56. The van der Waals surface area contributed by atoms with Crippen LogP contribution in [0.4, 0.5) is 0 Å². The van der Waals surface area contributed by atoms with Gasteiger partial charge >= 0.3 is 0 Å². The largest absolute Gasteiger partial charge is 0.377 e. The first-order chi connectivity index (χ1) is 29.0. The van der Waals surface area contributed by atoms with E-state index in [-0.39, 0.29) is 47.9 Å². The summed E-state index contributed by atoms with van der Waals surface area (Å²) in [7, 11) is 0. The van der Waals surface area contributed by atoms with Gasteiger partial charge in [-0.25, -0.2) is 0 Å². The van der Waals surface area contributed by atoms with Gasteiger partial charge in [-0.3, -0.25) is 23.9 Å². The Labute approximate surface area is 355 Å². The Kier molecular flexibility index (Phi) is 14.9. The number of nitrogens with zero attached hydrogens (tertiary/aromatic N) is 3. The van der Waals surface area contributed by atoms with Gasteiger partial charge in [-0.05, 0) is 137 Å². The molecule has 1 N–H and O–H groups in total. The first-order valence-corrected chi connectivity index (χ1v) is 22.5. The van der Waals surface area contributed by atoms with Gasteiger partial charge in [0.15, 0.2) is 11.6 Å². The maximum Gasteiger partial charge on any atom is 0.248 e. The highest BCUT2D eigenvalue weighted by Gasteiger charge is 2.51. The van der Waals surface area contributed by atoms with Crippen LogP contribution < -0.4 is 5.32 Å². The Hall–Kier alpha value is -3.97. The summed E-state index contributed by atoms with van der Waals surface area (Å²) in [6.07, 6.45) is 16.2. The van der Waals surface area contributed by atoms with Gasteiger partial charge in [0.1, 0.15) is 6.61 Å². The van der Waals surface area contributed by atoms with Crippen LogP contribution in [0.5, 0.6) is 0 Å². The van der Waals surface area contributed by atoms with Crippen LogP contribution in [0.3, 0.4) is 0 Å². The number of allylic oxidation sites excluding steroid dienone is 4. The van der Waals surface area contributed by atoms with E-state index in [1.165, 1.54) is 38.5 Å². The van der Waals surface area contributed by atoms with Gasteiger partial charge in [-0.1, -0.05) is 17.7 Å². The van der Waals surface area contributed by atoms with Gasteiger partial charge in [-0.2, -0.15) is 5.10 Å². The van der Waals surface area contributed by atoms with E-state index < -0.39 is 0 Å². The highest BCUT2D eigenvalue weighted by Crippen LogP contribution is 2.61. The Bertz CT molecular complexity index is 1960. The Morgan fingerprint density at radius 2 is 1.55 bits per heavy atom. The molecule has 0 unspecified atom stereocenters. The van der Waals surface area contributed by atoms with Crippen molar-refractivity contribution in [1.82, 2.24) is 20.0 Å². The third-order valence-corrected chi connectivity index (χ3v) is 13.4. The van der Waals surface area contributed by atoms with Crippen LogP contribution in [0.2, 0.25) is 0 Å². The molecule has 1 aliphatic heterocycles. The third-order valence-electron chi connectivity index (χ3n) is 13.4. The molecule has 0 spiro atoms. The molecular weight excluding hydrogens is 761 g/mol. The van der Waals surface area contributed by atoms with Crippen LogP contribution in [-0.4, -0.2) is 111 Å². The van der Waals surface area contributed by atoms with Crippen molar-refractivity contribution < 1.29 is 38.1 Å². The minimum Gasteiger partial charge on any atom is -0.377 e. The molecular formula is C48H66N4O8. The third kappa shape index (κ3) is 11.1. The summed E-state index contributed by atoms with van der Waals surface area (Å²) < 4.78 is 24.4. The molecule has 6 aliphatic rings. The first-order valence-electron chi connectivity index (χ1n) is 22.5. The van der Waals surface area contributed by atoms with Crippen molar-refractivity contribution in [3.63, 3.8) is 0 Å². The van der Waals surface area contributed by atoms with E-state index in [2.05, 4.69) is 36.4 Å². The van der Waals surface area contributed by atoms with E-state index in [0.717, 1.165) is 56.5 Å². The normalized spacial score (nSPS) is 23.8.